The lowest BCUT2D eigenvalue weighted by molar-refractivity contribution is 0.0557. The second kappa shape index (κ2) is 6.75. The first kappa shape index (κ1) is 16.1. The molecule has 2 unspecified atom stereocenters. The molecule has 1 amide bonds. The van der Waals surface area contributed by atoms with E-state index >= 15 is 0 Å². The van der Waals surface area contributed by atoms with Crippen molar-refractivity contribution in [2.45, 2.75) is 39.2 Å². The Bertz CT molecular complexity index is 698. The van der Waals surface area contributed by atoms with Crippen LogP contribution in [-0.2, 0) is 0 Å². The molecular formula is C18H21ClN2O2. The molecule has 5 heteroatoms. The normalized spacial score (nSPS) is 21.4. The maximum absolute atomic E-state index is 13.0. The summed E-state index contributed by atoms with van der Waals surface area (Å²) in [6.45, 7) is 5.08. The second-order valence-electron chi connectivity index (χ2n) is 6.21. The highest BCUT2D eigenvalue weighted by molar-refractivity contribution is 6.33. The zero-order valence-electron chi connectivity index (χ0n) is 13.5. The van der Waals surface area contributed by atoms with Crippen LogP contribution in [0.5, 0.6) is 0 Å². The minimum absolute atomic E-state index is 0.0215. The Morgan fingerprint density at radius 3 is 2.91 bits per heavy atom. The van der Waals surface area contributed by atoms with Crippen LogP contribution < -0.4 is 0 Å². The number of piperidine rings is 1. The van der Waals surface area contributed by atoms with Gasteiger partial charge in [0, 0.05) is 18.2 Å². The van der Waals surface area contributed by atoms with Gasteiger partial charge >= 0.3 is 0 Å². The lowest BCUT2D eigenvalue weighted by Gasteiger charge is -2.37. The molecule has 0 saturated carbocycles. The molecule has 1 fully saturated rings. The molecule has 0 aliphatic carbocycles. The van der Waals surface area contributed by atoms with Gasteiger partial charge in [0.15, 0.2) is 5.76 Å². The van der Waals surface area contributed by atoms with Crippen molar-refractivity contribution in [2.75, 3.05) is 6.54 Å². The second-order valence-corrected chi connectivity index (χ2v) is 6.61. The number of hydrogen-bond donors (Lipinski definition) is 0. The van der Waals surface area contributed by atoms with Gasteiger partial charge in [0.1, 0.15) is 5.56 Å². The summed E-state index contributed by atoms with van der Waals surface area (Å²) in [6.07, 6.45) is 4.82. The molecule has 2 atom stereocenters. The van der Waals surface area contributed by atoms with Crippen LogP contribution in [0.1, 0.15) is 43.5 Å². The monoisotopic (exact) mass is 332 g/mol. The summed E-state index contributed by atoms with van der Waals surface area (Å²) >= 11 is 6.24. The molecule has 1 saturated heterocycles. The van der Waals surface area contributed by atoms with Gasteiger partial charge in [-0.25, -0.2) is 0 Å². The summed E-state index contributed by atoms with van der Waals surface area (Å²) < 4.78 is 5.35. The number of likely N-dealkylation sites (tertiary alicyclic amines) is 1. The van der Waals surface area contributed by atoms with Gasteiger partial charge < -0.3 is 9.42 Å². The molecule has 2 aromatic rings. The highest BCUT2D eigenvalue weighted by atomic mass is 35.5. The molecule has 1 aromatic heterocycles. The summed E-state index contributed by atoms with van der Waals surface area (Å²) in [7, 11) is 0. The molecule has 1 aliphatic heterocycles. The average molecular weight is 333 g/mol. The van der Waals surface area contributed by atoms with E-state index in [1.807, 2.05) is 23.1 Å². The standard InChI is InChI=1S/C18H21ClN2O2/c1-3-13-9-8-12(2)21(11-13)18(22)15-10-20-23-17(15)14-6-4-5-7-16(14)19/h4-7,10,12-13H,3,8-9,11H2,1-2H3. The van der Waals surface area contributed by atoms with E-state index in [0.717, 1.165) is 19.4 Å². The number of benzene rings is 1. The Morgan fingerprint density at radius 1 is 1.39 bits per heavy atom. The molecule has 0 bridgehead atoms. The van der Waals surface area contributed by atoms with E-state index in [-0.39, 0.29) is 11.9 Å². The van der Waals surface area contributed by atoms with Crippen molar-refractivity contribution in [1.82, 2.24) is 10.1 Å². The van der Waals surface area contributed by atoms with Crippen LogP contribution in [-0.4, -0.2) is 28.6 Å². The Labute approximate surface area is 141 Å². The summed E-state index contributed by atoms with van der Waals surface area (Å²) in [5.41, 5.74) is 1.19. The number of carbonyl (C=O) groups is 1. The fourth-order valence-corrected chi connectivity index (χ4v) is 3.41. The Kier molecular flexibility index (Phi) is 4.71. The highest BCUT2D eigenvalue weighted by Crippen LogP contribution is 2.32. The predicted molar refractivity (Wildman–Crippen MR) is 90.5 cm³/mol. The van der Waals surface area contributed by atoms with E-state index in [9.17, 15) is 4.79 Å². The van der Waals surface area contributed by atoms with Crippen LogP contribution >= 0.6 is 11.6 Å². The summed E-state index contributed by atoms with van der Waals surface area (Å²) in [5.74, 6) is 0.997. The lowest BCUT2D eigenvalue weighted by atomic mass is 9.91. The number of amides is 1. The summed E-state index contributed by atoms with van der Waals surface area (Å²) in [5, 5.41) is 4.39. The van der Waals surface area contributed by atoms with E-state index < -0.39 is 0 Å². The van der Waals surface area contributed by atoms with Gasteiger partial charge in [-0.3, -0.25) is 4.79 Å². The van der Waals surface area contributed by atoms with Gasteiger partial charge in [0.05, 0.1) is 11.2 Å². The van der Waals surface area contributed by atoms with Crippen LogP contribution in [0.2, 0.25) is 5.02 Å². The fourth-order valence-electron chi connectivity index (χ4n) is 3.18. The van der Waals surface area contributed by atoms with Crippen molar-refractivity contribution < 1.29 is 9.32 Å². The van der Waals surface area contributed by atoms with Crippen LogP contribution in [0.25, 0.3) is 11.3 Å². The molecule has 0 spiro atoms. The maximum Gasteiger partial charge on any atom is 0.259 e. The molecule has 3 rings (SSSR count). The number of hydrogen-bond acceptors (Lipinski definition) is 3. The molecular weight excluding hydrogens is 312 g/mol. The maximum atomic E-state index is 13.0. The zero-order chi connectivity index (χ0) is 16.4. The number of nitrogens with zero attached hydrogens (tertiary/aromatic N) is 2. The third kappa shape index (κ3) is 3.13. The molecule has 4 nitrogen and oxygen atoms in total. The van der Waals surface area contributed by atoms with E-state index in [1.54, 1.807) is 6.07 Å². The highest BCUT2D eigenvalue weighted by Gasteiger charge is 2.31. The van der Waals surface area contributed by atoms with Gasteiger partial charge in [-0.05, 0) is 37.8 Å². The Balaban J connectivity index is 1.92. The van der Waals surface area contributed by atoms with Crippen LogP contribution in [0, 0.1) is 5.92 Å². The van der Waals surface area contributed by atoms with Gasteiger partial charge in [0.25, 0.3) is 5.91 Å². The fraction of sp³-hybridized carbons (Fsp3) is 0.444. The molecule has 0 radical (unpaired) electrons. The number of halogens is 1. The number of rotatable bonds is 3. The summed E-state index contributed by atoms with van der Waals surface area (Å²) in [6, 6.07) is 7.58. The van der Waals surface area contributed by atoms with Crippen molar-refractivity contribution in [1.29, 1.82) is 0 Å². The van der Waals surface area contributed by atoms with Gasteiger partial charge in [0.2, 0.25) is 0 Å². The zero-order valence-corrected chi connectivity index (χ0v) is 14.2. The molecule has 0 N–H and O–H groups in total. The van der Waals surface area contributed by atoms with Crippen molar-refractivity contribution in [3.05, 3.63) is 41.0 Å². The SMILES string of the molecule is CCC1CCC(C)N(C(=O)c2cnoc2-c2ccccc2Cl)C1. The van der Waals surface area contributed by atoms with E-state index in [4.69, 9.17) is 16.1 Å². The number of aromatic nitrogens is 1. The van der Waals surface area contributed by atoms with Crippen LogP contribution in [0.3, 0.4) is 0 Å². The van der Waals surface area contributed by atoms with Crippen molar-refractivity contribution in [3.8, 4) is 11.3 Å². The minimum Gasteiger partial charge on any atom is -0.355 e. The molecule has 122 valence electrons. The Morgan fingerprint density at radius 2 is 2.17 bits per heavy atom. The average Bonchev–Trinajstić information content (AvgIpc) is 3.04. The van der Waals surface area contributed by atoms with Crippen molar-refractivity contribution >= 4 is 17.5 Å². The lowest BCUT2D eigenvalue weighted by Crippen LogP contribution is -2.45. The third-order valence-corrected chi connectivity index (χ3v) is 5.07. The van der Waals surface area contributed by atoms with Gasteiger partial charge in [-0.15, -0.1) is 0 Å². The quantitative estimate of drug-likeness (QED) is 0.822. The first-order valence-electron chi connectivity index (χ1n) is 8.12. The minimum atomic E-state index is -0.0215. The van der Waals surface area contributed by atoms with Crippen LogP contribution in [0.15, 0.2) is 35.0 Å². The van der Waals surface area contributed by atoms with Crippen molar-refractivity contribution in [2.24, 2.45) is 5.92 Å². The smallest absolute Gasteiger partial charge is 0.259 e. The first-order chi connectivity index (χ1) is 11.1. The largest absolute Gasteiger partial charge is 0.355 e. The van der Waals surface area contributed by atoms with Gasteiger partial charge in [-0.2, -0.15) is 0 Å². The third-order valence-electron chi connectivity index (χ3n) is 4.74. The first-order valence-corrected chi connectivity index (χ1v) is 8.50. The topological polar surface area (TPSA) is 46.3 Å². The number of carbonyl (C=O) groups excluding carboxylic acids is 1. The van der Waals surface area contributed by atoms with Gasteiger partial charge in [-0.1, -0.05) is 42.2 Å². The van der Waals surface area contributed by atoms with Crippen LogP contribution in [0.4, 0.5) is 0 Å². The molecule has 1 aliphatic rings. The van der Waals surface area contributed by atoms with Crippen molar-refractivity contribution in [3.63, 3.8) is 0 Å². The van der Waals surface area contributed by atoms with E-state index in [1.165, 1.54) is 12.6 Å². The van der Waals surface area contributed by atoms with E-state index in [0.29, 0.717) is 27.8 Å². The van der Waals surface area contributed by atoms with E-state index in [2.05, 4.69) is 19.0 Å². The predicted octanol–water partition coefficient (Wildman–Crippen LogP) is 4.65. The molecule has 23 heavy (non-hydrogen) atoms. The Hall–Kier alpha value is -1.81. The molecule has 2 heterocycles. The summed E-state index contributed by atoms with van der Waals surface area (Å²) in [4.78, 5) is 15.0. The molecule has 1 aromatic carbocycles.